The Morgan fingerprint density at radius 3 is 1.55 bits per heavy atom. The molecule has 0 aromatic carbocycles. The van der Waals surface area contributed by atoms with Crippen LogP contribution >= 0.6 is 0 Å². The second-order valence-electron chi connectivity index (χ2n) is 7.29. The van der Waals surface area contributed by atoms with Crippen LogP contribution in [-0.4, -0.2) is 100.0 Å². The van der Waals surface area contributed by atoms with Crippen LogP contribution in [-0.2, 0) is 33.3 Å². The molecule has 1 aliphatic heterocycles. The maximum atomic E-state index is 11.4. The van der Waals surface area contributed by atoms with Crippen LogP contribution in [0.4, 0.5) is 26.3 Å². The molecule has 1 fully saturated rings. The van der Waals surface area contributed by atoms with Crippen LogP contribution in [0.5, 0.6) is 0 Å². The number of piperidine rings is 1. The zero-order chi connectivity index (χ0) is 26.4. The number of aliphatic hydroxyl groups excluding tert-OH is 1. The largest absolute Gasteiger partial charge is 0.530 e. The normalized spacial score (nSPS) is 18.9. The van der Waals surface area contributed by atoms with Gasteiger partial charge in [0.05, 0.1) is 26.7 Å². The molecule has 0 radical (unpaired) electrons. The minimum atomic E-state index is -6.72. The molecule has 1 atom stereocenters. The third-order valence-electron chi connectivity index (χ3n) is 4.88. The van der Waals surface area contributed by atoms with Crippen molar-refractivity contribution in [1.82, 2.24) is 0 Å². The topological polar surface area (TPSA) is 130 Å². The molecule has 33 heavy (non-hydrogen) atoms. The highest BCUT2D eigenvalue weighted by Crippen LogP contribution is 2.36. The first-order valence-electron chi connectivity index (χ1n) is 9.26. The third kappa shape index (κ3) is 9.20. The van der Waals surface area contributed by atoms with Gasteiger partial charge in [0.25, 0.3) is 0 Å². The molecule has 0 aliphatic carbocycles. The number of sulfonamides is 2. The Morgan fingerprint density at radius 2 is 1.24 bits per heavy atom. The van der Waals surface area contributed by atoms with Gasteiger partial charge >= 0.3 is 19.8 Å². The minimum Gasteiger partial charge on any atom is -0.421 e. The Kier molecular flexibility index (Phi) is 11.7. The molecule has 1 rings (SSSR count). The smallest absolute Gasteiger partial charge is 0.421 e. The first-order chi connectivity index (χ1) is 14.7. The first kappa shape index (κ1) is 32.5. The molecule has 1 saturated heterocycles. The van der Waals surface area contributed by atoms with Crippen molar-refractivity contribution in [3.63, 3.8) is 0 Å². The van der Waals surface area contributed by atoms with Gasteiger partial charge in [0, 0.05) is 27.8 Å². The van der Waals surface area contributed by atoms with E-state index in [2.05, 4.69) is 7.05 Å². The Labute approximate surface area is 189 Å². The molecule has 1 heterocycles. The molecule has 1 unspecified atom stereocenters. The van der Waals surface area contributed by atoms with E-state index < -0.39 is 45.6 Å². The summed E-state index contributed by atoms with van der Waals surface area (Å²) in [5.41, 5.74) is -13.1. The average Bonchev–Trinajstić information content (AvgIpc) is 2.67. The lowest BCUT2D eigenvalue weighted by Crippen LogP contribution is -2.57. The lowest BCUT2D eigenvalue weighted by atomic mass is 10.1. The van der Waals surface area contributed by atoms with Gasteiger partial charge in [0.15, 0.2) is 20.0 Å². The standard InChI is InChI=1S/C12H28NO4Si.C2F6NO4S2/c1-13(9-6-5-7-10-13)11-8-12(14)18(15-2,16-3)17-4;3-1(4,5)14(10,11)9-15(12,13)2(6,7)8/h12,14H,5-11H2,1-4H3;/q+1;-1. The molecule has 0 aromatic heterocycles. The van der Waals surface area contributed by atoms with Gasteiger partial charge in [-0.3, -0.25) is 0 Å². The molecule has 0 saturated carbocycles. The van der Waals surface area contributed by atoms with Gasteiger partial charge in [-0.1, -0.05) is 0 Å². The molecule has 1 aliphatic rings. The summed E-state index contributed by atoms with van der Waals surface area (Å²) in [4.78, 5) is 0. The molecule has 0 bridgehead atoms. The van der Waals surface area contributed by atoms with Crippen LogP contribution in [0.15, 0.2) is 0 Å². The molecule has 19 heteroatoms. The number of rotatable bonds is 9. The van der Waals surface area contributed by atoms with Crippen LogP contribution in [0.3, 0.4) is 0 Å². The summed E-state index contributed by atoms with van der Waals surface area (Å²) in [6.07, 6.45) is 4.57. The number of likely N-dealkylation sites (tertiary alicyclic amines) is 1. The summed E-state index contributed by atoms with van der Waals surface area (Å²) in [7, 11) is -9.45. The molecule has 200 valence electrons. The van der Waals surface area contributed by atoms with Crippen LogP contribution in [0.25, 0.3) is 4.13 Å². The van der Waals surface area contributed by atoms with Crippen LogP contribution in [0.1, 0.15) is 25.7 Å². The summed E-state index contributed by atoms with van der Waals surface area (Å²) < 4.78 is 126. The molecule has 0 spiro atoms. The van der Waals surface area contributed by atoms with Crippen LogP contribution < -0.4 is 0 Å². The van der Waals surface area contributed by atoms with Gasteiger partial charge in [-0.15, -0.1) is 0 Å². The fraction of sp³-hybridized carbons (Fsp3) is 1.00. The lowest BCUT2D eigenvalue weighted by Gasteiger charge is -2.39. The number of quaternary nitrogens is 1. The van der Waals surface area contributed by atoms with Gasteiger partial charge in [-0.2, -0.15) is 26.3 Å². The molecule has 0 aromatic rings. The molecule has 1 N–H and O–H groups in total. The highest BCUT2D eigenvalue weighted by atomic mass is 32.3. The fourth-order valence-corrected chi connectivity index (χ4v) is 6.49. The van der Waals surface area contributed by atoms with Crippen molar-refractivity contribution < 1.29 is 66.0 Å². The second kappa shape index (κ2) is 11.9. The number of aliphatic hydroxyl groups is 1. The van der Waals surface area contributed by atoms with E-state index in [0.717, 1.165) is 15.2 Å². The van der Waals surface area contributed by atoms with Crippen molar-refractivity contribution in [1.29, 1.82) is 0 Å². The Balaban J connectivity index is 0.000000633. The number of alkyl halides is 6. The zero-order valence-electron chi connectivity index (χ0n) is 18.3. The van der Waals surface area contributed by atoms with Gasteiger partial charge in [0.2, 0.25) is 0 Å². The van der Waals surface area contributed by atoms with Gasteiger partial charge < -0.3 is 27.0 Å². The molecular formula is C14H28F6N2O8S2Si. The monoisotopic (exact) mass is 558 g/mol. The quantitative estimate of drug-likeness (QED) is 0.258. The van der Waals surface area contributed by atoms with E-state index in [1.165, 1.54) is 32.4 Å². The number of hydrogen-bond donors (Lipinski definition) is 1. The predicted molar refractivity (Wildman–Crippen MR) is 105 cm³/mol. The van der Waals surface area contributed by atoms with E-state index in [4.69, 9.17) is 13.3 Å². The van der Waals surface area contributed by atoms with E-state index in [1.807, 2.05) is 0 Å². The Bertz CT molecular complexity index is 762. The number of nitrogens with zero attached hydrogens (tertiary/aromatic N) is 2. The summed E-state index contributed by atoms with van der Waals surface area (Å²) in [6.45, 7) is 3.36. The Hall–Kier alpha value is -0.543. The van der Waals surface area contributed by atoms with Gasteiger partial charge in [-0.05, 0) is 19.3 Å². The van der Waals surface area contributed by atoms with Crippen LogP contribution in [0.2, 0.25) is 0 Å². The van der Waals surface area contributed by atoms with E-state index in [0.29, 0.717) is 6.42 Å². The van der Waals surface area contributed by atoms with Crippen molar-refractivity contribution in [2.75, 3.05) is 48.0 Å². The molecule has 0 amide bonds. The number of hydrogen-bond acceptors (Lipinski definition) is 8. The van der Waals surface area contributed by atoms with Crippen molar-refractivity contribution in [3.8, 4) is 0 Å². The van der Waals surface area contributed by atoms with E-state index in [9.17, 15) is 48.3 Å². The fourth-order valence-electron chi connectivity index (χ4n) is 2.98. The zero-order valence-corrected chi connectivity index (χ0v) is 20.9. The maximum absolute atomic E-state index is 11.4. The molecule has 10 nitrogen and oxygen atoms in total. The second-order valence-corrected chi connectivity index (χ2v) is 13.8. The van der Waals surface area contributed by atoms with Gasteiger partial charge in [-0.25, -0.2) is 16.8 Å². The summed E-state index contributed by atoms with van der Waals surface area (Å²) in [5, 5.41) is 10.3. The van der Waals surface area contributed by atoms with Crippen LogP contribution in [0, 0.1) is 0 Å². The lowest BCUT2D eigenvalue weighted by molar-refractivity contribution is -0.914. The molecular weight excluding hydrogens is 530 g/mol. The van der Waals surface area contributed by atoms with E-state index in [1.54, 1.807) is 21.3 Å². The van der Waals surface area contributed by atoms with E-state index >= 15 is 0 Å². The van der Waals surface area contributed by atoms with Crippen molar-refractivity contribution in [3.05, 3.63) is 4.13 Å². The minimum absolute atomic E-state index is 0.644. The number of halogens is 6. The predicted octanol–water partition coefficient (Wildman–Crippen LogP) is 1.84. The van der Waals surface area contributed by atoms with Crippen molar-refractivity contribution in [2.24, 2.45) is 0 Å². The third-order valence-corrected chi connectivity index (χ3v) is 10.4. The maximum Gasteiger partial charge on any atom is 0.530 e. The first-order valence-corrected chi connectivity index (χ1v) is 13.9. The highest BCUT2D eigenvalue weighted by Gasteiger charge is 2.48. The average molecular weight is 559 g/mol. The highest BCUT2D eigenvalue weighted by molar-refractivity contribution is 8.13. The summed E-state index contributed by atoms with van der Waals surface area (Å²) in [6, 6.07) is 0. The van der Waals surface area contributed by atoms with Crippen molar-refractivity contribution in [2.45, 2.75) is 42.4 Å². The van der Waals surface area contributed by atoms with E-state index in [-0.39, 0.29) is 0 Å². The SMILES string of the molecule is CO[Si](OC)(OC)C(O)CC[N+]1(C)CCCCC1.O=S(=O)([N-]S(=O)(=O)C(F)(F)F)C(F)(F)F. The van der Waals surface area contributed by atoms with Gasteiger partial charge in [0.1, 0.15) is 5.73 Å². The van der Waals surface area contributed by atoms with Crippen molar-refractivity contribution >= 4 is 28.9 Å². The summed E-state index contributed by atoms with van der Waals surface area (Å²) >= 11 is 0. The summed E-state index contributed by atoms with van der Waals surface area (Å²) in [5.74, 6) is 0. The Morgan fingerprint density at radius 1 is 0.879 bits per heavy atom.